The largest absolute Gasteiger partial charge is 0.478 e. The van der Waals surface area contributed by atoms with E-state index in [0.29, 0.717) is 11.3 Å². The Bertz CT molecular complexity index is 434. The van der Waals surface area contributed by atoms with Crippen molar-refractivity contribution in [3.8, 4) is 0 Å². The number of aryl methyl sites for hydroxylation is 1. The van der Waals surface area contributed by atoms with Crippen LogP contribution < -0.4 is 5.32 Å². The molecule has 0 unspecified atom stereocenters. The molecule has 1 aromatic rings. The summed E-state index contributed by atoms with van der Waals surface area (Å²) in [5, 5.41) is 12.6. The number of benzene rings is 1. The fourth-order valence-electron chi connectivity index (χ4n) is 2.11. The van der Waals surface area contributed by atoms with E-state index >= 15 is 0 Å². The molecular weight excluding hydrogens is 258 g/mol. The summed E-state index contributed by atoms with van der Waals surface area (Å²) in [4.78, 5) is 11.3. The number of rotatable bonds is 7. The highest BCUT2D eigenvalue weighted by Gasteiger charge is 2.25. The minimum atomic E-state index is -0.881. The summed E-state index contributed by atoms with van der Waals surface area (Å²) in [5.41, 5.74) is 2.02. The maximum Gasteiger partial charge on any atom is 0.337 e. The Balaban J connectivity index is 2.91. The molecule has 0 radical (unpaired) electrons. The number of aromatic carboxylic acids is 1. The van der Waals surface area contributed by atoms with E-state index in [1.165, 1.54) is 0 Å². The maximum absolute atomic E-state index is 11.3. The molecule has 4 heteroatoms. The molecular formula is C15H23NO2S. The lowest BCUT2D eigenvalue weighted by atomic mass is 10.0. The zero-order chi connectivity index (χ0) is 14.5. The molecule has 0 aromatic heterocycles. The van der Waals surface area contributed by atoms with Crippen LogP contribution in [0.4, 0.5) is 5.69 Å². The topological polar surface area (TPSA) is 49.3 Å². The number of hydrogen-bond donors (Lipinski definition) is 2. The number of anilines is 1. The third-order valence-corrected chi connectivity index (χ3v) is 5.32. The normalized spacial score (nSPS) is 11.4. The van der Waals surface area contributed by atoms with E-state index in [1.807, 2.05) is 30.8 Å². The summed E-state index contributed by atoms with van der Waals surface area (Å²) in [6.07, 6.45) is 4.24. The Labute approximate surface area is 119 Å². The second-order valence-corrected chi connectivity index (χ2v) is 6.08. The van der Waals surface area contributed by atoms with Gasteiger partial charge in [0.25, 0.3) is 0 Å². The van der Waals surface area contributed by atoms with Gasteiger partial charge in [-0.25, -0.2) is 4.79 Å². The van der Waals surface area contributed by atoms with E-state index in [-0.39, 0.29) is 4.75 Å². The summed E-state index contributed by atoms with van der Waals surface area (Å²) >= 11 is 1.84. The van der Waals surface area contributed by atoms with Gasteiger partial charge in [0.1, 0.15) is 0 Å². The lowest BCUT2D eigenvalue weighted by Gasteiger charge is -2.30. The molecule has 1 aromatic carbocycles. The Morgan fingerprint density at radius 3 is 2.47 bits per heavy atom. The van der Waals surface area contributed by atoms with Crippen LogP contribution >= 0.6 is 11.8 Å². The van der Waals surface area contributed by atoms with E-state index < -0.39 is 5.97 Å². The van der Waals surface area contributed by atoms with Crippen molar-refractivity contribution in [1.29, 1.82) is 0 Å². The molecule has 0 saturated heterocycles. The molecule has 0 aliphatic heterocycles. The first-order valence-electron chi connectivity index (χ1n) is 6.61. The van der Waals surface area contributed by atoms with Crippen molar-refractivity contribution in [2.45, 2.75) is 38.4 Å². The number of thioether (sulfide) groups is 1. The van der Waals surface area contributed by atoms with Gasteiger partial charge >= 0.3 is 5.97 Å². The van der Waals surface area contributed by atoms with Crippen LogP contribution in [0.2, 0.25) is 0 Å². The van der Waals surface area contributed by atoms with Crippen LogP contribution in [0.3, 0.4) is 0 Å². The predicted octanol–water partition coefficient (Wildman–Crippen LogP) is 4.03. The average molecular weight is 281 g/mol. The third-order valence-electron chi connectivity index (χ3n) is 3.73. The second kappa shape index (κ2) is 6.85. The van der Waals surface area contributed by atoms with Crippen molar-refractivity contribution in [3.05, 3.63) is 29.3 Å². The molecule has 0 atom stereocenters. The van der Waals surface area contributed by atoms with Gasteiger partial charge in [0.2, 0.25) is 0 Å². The van der Waals surface area contributed by atoms with Crippen molar-refractivity contribution < 1.29 is 9.90 Å². The van der Waals surface area contributed by atoms with Crippen molar-refractivity contribution >= 4 is 23.4 Å². The molecule has 0 fully saturated rings. The molecule has 0 amide bonds. The zero-order valence-electron chi connectivity index (χ0n) is 12.1. The SMILES string of the molecule is CCC(CC)(CNc1ccc(C)cc1C(=O)O)SC. The number of carboxylic acid groups (broad SMARTS) is 1. The van der Waals surface area contributed by atoms with E-state index in [0.717, 1.165) is 24.9 Å². The maximum atomic E-state index is 11.3. The lowest BCUT2D eigenvalue weighted by Crippen LogP contribution is -2.32. The summed E-state index contributed by atoms with van der Waals surface area (Å²) in [6.45, 7) is 7.04. The highest BCUT2D eigenvalue weighted by Crippen LogP contribution is 2.31. The van der Waals surface area contributed by atoms with Crippen molar-refractivity contribution in [2.24, 2.45) is 0 Å². The molecule has 0 aliphatic carbocycles. The molecule has 0 saturated carbocycles. The first kappa shape index (κ1) is 15.9. The van der Waals surface area contributed by atoms with E-state index in [1.54, 1.807) is 6.07 Å². The van der Waals surface area contributed by atoms with Gasteiger partial charge in [0.15, 0.2) is 0 Å². The third kappa shape index (κ3) is 3.90. The molecule has 1 rings (SSSR count). The summed E-state index contributed by atoms with van der Waals surface area (Å²) in [6, 6.07) is 5.51. The molecule has 19 heavy (non-hydrogen) atoms. The first-order chi connectivity index (χ1) is 8.98. The molecule has 0 heterocycles. The van der Waals surface area contributed by atoms with Gasteiger partial charge in [0.05, 0.1) is 5.56 Å². The fourth-order valence-corrected chi connectivity index (χ4v) is 2.90. The van der Waals surface area contributed by atoms with Crippen LogP contribution in [0.5, 0.6) is 0 Å². The van der Waals surface area contributed by atoms with Crippen LogP contribution in [-0.4, -0.2) is 28.6 Å². The standard InChI is InChI=1S/C15H23NO2S/c1-5-15(6-2,19-4)10-16-13-8-7-11(3)9-12(13)14(17)18/h7-9,16H,5-6,10H2,1-4H3,(H,17,18). The van der Waals surface area contributed by atoms with Crippen LogP contribution in [0.25, 0.3) is 0 Å². The quantitative estimate of drug-likeness (QED) is 0.792. The summed E-state index contributed by atoms with van der Waals surface area (Å²) < 4.78 is 0.167. The Morgan fingerprint density at radius 1 is 1.37 bits per heavy atom. The van der Waals surface area contributed by atoms with E-state index in [2.05, 4.69) is 25.4 Å². The predicted molar refractivity (Wildman–Crippen MR) is 83.5 cm³/mol. The Morgan fingerprint density at radius 2 is 2.00 bits per heavy atom. The van der Waals surface area contributed by atoms with E-state index in [9.17, 15) is 9.90 Å². The highest BCUT2D eigenvalue weighted by atomic mass is 32.2. The van der Waals surface area contributed by atoms with Gasteiger partial charge in [-0.1, -0.05) is 25.5 Å². The van der Waals surface area contributed by atoms with Gasteiger partial charge in [-0.3, -0.25) is 0 Å². The molecule has 3 nitrogen and oxygen atoms in total. The van der Waals surface area contributed by atoms with Crippen molar-refractivity contribution in [3.63, 3.8) is 0 Å². The van der Waals surface area contributed by atoms with Crippen LogP contribution in [0.15, 0.2) is 18.2 Å². The fraction of sp³-hybridized carbons (Fsp3) is 0.533. The molecule has 106 valence electrons. The van der Waals surface area contributed by atoms with Crippen LogP contribution in [0.1, 0.15) is 42.6 Å². The van der Waals surface area contributed by atoms with Gasteiger partial charge in [-0.05, 0) is 38.2 Å². The number of carbonyl (C=O) groups is 1. The summed E-state index contributed by atoms with van der Waals surface area (Å²) in [7, 11) is 0. The van der Waals surface area contributed by atoms with Gasteiger partial charge in [-0.15, -0.1) is 0 Å². The van der Waals surface area contributed by atoms with E-state index in [4.69, 9.17) is 0 Å². The Hall–Kier alpha value is -1.16. The van der Waals surface area contributed by atoms with Gasteiger partial charge < -0.3 is 10.4 Å². The van der Waals surface area contributed by atoms with Crippen molar-refractivity contribution in [2.75, 3.05) is 18.1 Å². The summed E-state index contributed by atoms with van der Waals surface area (Å²) in [5.74, 6) is -0.881. The van der Waals surface area contributed by atoms with Crippen LogP contribution in [0, 0.1) is 6.92 Å². The minimum Gasteiger partial charge on any atom is -0.478 e. The highest BCUT2D eigenvalue weighted by molar-refractivity contribution is 8.00. The number of carboxylic acids is 1. The van der Waals surface area contributed by atoms with Crippen LogP contribution in [-0.2, 0) is 0 Å². The molecule has 2 N–H and O–H groups in total. The number of nitrogens with one attached hydrogen (secondary N) is 1. The molecule has 0 spiro atoms. The number of hydrogen-bond acceptors (Lipinski definition) is 3. The lowest BCUT2D eigenvalue weighted by molar-refractivity contribution is 0.0698. The van der Waals surface area contributed by atoms with Crippen molar-refractivity contribution in [1.82, 2.24) is 0 Å². The Kier molecular flexibility index (Phi) is 5.73. The monoisotopic (exact) mass is 281 g/mol. The van der Waals surface area contributed by atoms with Gasteiger partial charge in [-0.2, -0.15) is 11.8 Å². The second-order valence-electron chi connectivity index (χ2n) is 4.80. The molecule has 0 aliphatic rings. The van der Waals surface area contributed by atoms with Gasteiger partial charge in [0, 0.05) is 17.0 Å². The first-order valence-corrected chi connectivity index (χ1v) is 7.83. The minimum absolute atomic E-state index is 0.167. The smallest absolute Gasteiger partial charge is 0.337 e. The zero-order valence-corrected chi connectivity index (χ0v) is 12.9. The average Bonchev–Trinajstić information content (AvgIpc) is 2.42. The molecule has 0 bridgehead atoms.